The van der Waals surface area contributed by atoms with Gasteiger partial charge in [0, 0.05) is 0 Å². The van der Waals surface area contributed by atoms with Crippen molar-refractivity contribution in [1.82, 2.24) is 0 Å². The van der Waals surface area contributed by atoms with Gasteiger partial charge < -0.3 is 0 Å². The summed E-state index contributed by atoms with van der Waals surface area (Å²) in [6.07, 6.45) is 2.37. The maximum absolute atomic E-state index is 4.02. The molecule has 0 aliphatic rings. The van der Waals surface area contributed by atoms with E-state index in [2.05, 4.69) is 50.2 Å². The number of fused-ring (bicyclic) bond motifs is 1. The van der Waals surface area contributed by atoms with E-state index in [4.69, 9.17) is 0 Å². The molecule has 2 rings (SSSR count). The summed E-state index contributed by atoms with van der Waals surface area (Å²) in [5.74, 6) is 0. The lowest BCUT2D eigenvalue weighted by Gasteiger charge is -2.04. The van der Waals surface area contributed by atoms with Gasteiger partial charge in [-0.2, -0.15) is 0 Å². The van der Waals surface area contributed by atoms with E-state index in [0.29, 0.717) is 0 Å². The molecule has 0 N–H and O–H groups in total. The van der Waals surface area contributed by atoms with E-state index in [1.807, 2.05) is 0 Å². The molecule has 0 bridgehead atoms. The van der Waals surface area contributed by atoms with Crippen LogP contribution in [0.2, 0.25) is 0 Å². The van der Waals surface area contributed by atoms with Gasteiger partial charge in [-0.1, -0.05) is 49.7 Å². The number of hydrogen-bond acceptors (Lipinski definition) is 0. The van der Waals surface area contributed by atoms with Crippen molar-refractivity contribution in [2.75, 3.05) is 0 Å². The van der Waals surface area contributed by atoms with Gasteiger partial charge in [-0.15, -0.1) is 0 Å². The standard InChI is InChI=1S/C14H15/c1-3-5-12-8-9-14-11(2)6-4-7-13(14)10-12/h4,6-10H,2-3,5H2,1H3. The first kappa shape index (κ1) is 9.26. The number of rotatable bonds is 2. The summed E-state index contributed by atoms with van der Waals surface area (Å²) >= 11 is 0. The number of aryl methyl sites for hydroxylation is 1. The maximum Gasteiger partial charge on any atom is -0.0152 e. The molecule has 0 aromatic heterocycles. The Morgan fingerprint density at radius 1 is 1.14 bits per heavy atom. The van der Waals surface area contributed by atoms with E-state index in [9.17, 15) is 0 Å². The monoisotopic (exact) mass is 183 g/mol. The molecule has 14 heavy (non-hydrogen) atoms. The minimum Gasteiger partial charge on any atom is -0.0651 e. The number of hydrogen-bond donors (Lipinski definition) is 0. The van der Waals surface area contributed by atoms with Gasteiger partial charge in [-0.05, 0) is 35.2 Å². The van der Waals surface area contributed by atoms with E-state index < -0.39 is 0 Å². The molecule has 0 saturated heterocycles. The third-order valence-electron chi connectivity index (χ3n) is 2.57. The smallest absolute Gasteiger partial charge is 0.0152 e. The Balaban J connectivity index is 2.56. The zero-order valence-electron chi connectivity index (χ0n) is 8.59. The minimum atomic E-state index is 1.12. The Bertz CT molecular complexity index is 441. The Hall–Kier alpha value is -1.30. The first-order valence-corrected chi connectivity index (χ1v) is 5.15. The summed E-state index contributed by atoms with van der Waals surface area (Å²) in [5.41, 5.74) is 2.54. The average molecular weight is 183 g/mol. The second-order valence-electron chi connectivity index (χ2n) is 3.72. The first-order chi connectivity index (χ1) is 6.81. The van der Waals surface area contributed by atoms with Crippen LogP contribution in [0.5, 0.6) is 0 Å². The van der Waals surface area contributed by atoms with Gasteiger partial charge in [0.05, 0.1) is 0 Å². The van der Waals surface area contributed by atoms with Crippen LogP contribution in [0, 0.1) is 6.92 Å². The van der Waals surface area contributed by atoms with Gasteiger partial charge in [-0.3, -0.25) is 0 Å². The molecule has 0 saturated carbocycles. The van der Waals surface area contributed by atoms with Gasteiger partial charge in [0.15, 0.2) is 0 Å². The fourth-order valence-corrected chi connectivity index (χ4v) is 1.84. The highest BCUT2D eigenvalue weighted by Gasteiger charge is 1.97. The summed E-state index contributed by atoms with van der Waals surface area (Å²) < 4.78 is 0. The molecule has 0 nitrogen and oxygen atoms in total. The highest BCUT2D eigenvalue weighted by molar-refractivity contribution is 5.86. The van der Waals surface area contributed by atoms with Crippen LogP contribution in [0.4, 0.5) is 0 Å². The molecule has 2 aromatic rings. The van der Waals surface area contributed by atoms with Crippen molar-refractivity contribution in [1.29, 1.82) is 0 Å². The van der Waals surface area contributed by atoms with E-state index in [1.54, 1.807) is 0 Å². The summed E-state index contributed by atoms with van der Waals surface area (Å²) in [5, 5.41) is 2.58. The molecule has 0 atom stereocenters. The maximum atomic E-state index is 4.02. The van der Waals surface area contributed by atoms with Gasteiger partial charge in [-0.25, -0.2) is 0 Å². The van der Waals surface area contributed by atoms with Crippen molar-refractivity contribution in [3.63, 3.8) is 0 Å². The molecule has 0 unspecified atom stereocenters. The lowest BCUT2D eigenvalue weighted by atomic mass is 10.0. The Kier molecular flexibility index (Phi) is 2.53. The predicted octanol–water partition coefficient (Wildman–Crippen LogP) is 3.97. The molecule has 0 aliphatic carbocycles. The zero-order valence-corrected chi connectivity index (χ0v) is 8.59. The van der Waals surface area contributed by atoms with Crippen molar-refractivity contribution in [2.45, 2.75) is 19.8 Å². The highest BCUT2D eigenvalue weighted by atomic mass is 14.0. The minimum absolute atomic E-state index is 1.12. The molecule has 71 valence electrons. The molecule has 0 heterocycles. The molecule has 0 amide bonds. The van der Waals surface area contributed by atoms with E-state index in [0.717, 1.165) is 12.0 Å². The van der Waals surface area contributed by atoms with Gasteiger partial charge in [0.1, 0.15) is 0 Å². The predicted molar refractivity (Wildman–Crippen MR) is 62.4 cm³/mol. The summed E-state index contributed by atoms with van der Waals surface area (Å²) in [6, 6.07) is 12.9. The van der Waals surface area contributed by atoms with Crippen LogP contribution in [0.3, 0.4) is 0 Å². The number of benzene rings is 2. The SMILES string of the molecule is [CH2]c1cccc2cc(CCC)ccc12. The molecule has 0 fully saturated rings. The average Bonchev–Trinajstić information content (AvgIpc) is 2.18. The fraction of sp³-hybridized carbons (Fsp3) is 0.214. The third kappa shape index (κ3) is 1.65. The van der Waals surface area contributed by atoms with Crippen LogP contribution in [-0.2, 0) is 6.42 Å². The zero-order chi connectivity index (χ0) is 9.97. The fourth-order valence-electron chi connectivity index (χ4n) is 1.84. The molecule has 1 radical (unpaired) electrons. The molecule has 0 heteroatoms. The van der Waals surface area contributed by atoms with Crippen LogP contribution in [0.15, 0.2) is 36.4 Å². The quantitative estimate of drug-likeness (QED) is 0.660. The molecule has 2 aromatic carbocycles. The van der Waals surface area contributed by atoms with Crippen LogP contribution in [0.1, 0.15) is 24.5 Å². The Morgan fingerprint density at radius 3 is 2.79 bits per heavy atom. The Labute approximate surface area is 85.6 Å². The third-order valence-corrected chi connectivity index (χ3v) is 2.57. The second kappa shape index (κ2) is 3.83. The summed E-state index contributed by atoms with van der Waals surface area (Å²) in [6.45, 7) is 6.23. The summed E-state index contributed by atoms with van der Waals surface area (Å²) in [7, 11) is 0. The second-order valence-corrected chi connectivity index (χ2v) is 3.72. The lowest BCUT2D eigenvalue weighted by molar-refractivity contribution is 0.924. The van der Waals surface area contributed by atoms with Crippen molar-refractivity contribution in [2.24, 2.45) is 0 Å². The van der Waals surface area contributed by atoms with E-state index >= 15 is 0 Å². The van der Waals surface area contributed by atoms with Crippen molar-refractivity contribution < 1.29 is 0 Å². The van der Waals surface area contributed by atoms with Crippen molar-refractivity contribution in [3.8, 4) is 0 Å². The first-order valence-electron chi connectivity index (χ1n) is 5.15. The summed E-state index contributed by atoms with van der Waals surface area (Å²) in [4.78, 5) is 0. The van der Waals surface area contributed by atoms with Crippen LogP contribution in [0.25, 0.3) is 10.8 Å². The lowest BCUT2D eigenvalue weighted by Crippen LogP contribution is -1.84. The van der Waals surface area contributed by atoms with Gasteiger partial charge in [0.25, 0.3) is 0 Å². The van der Waals surface area contributed by atoms with Crippen LogP contribution >= 0.6 is 0 Å². The largest absolute Gasteiger partial charge is 0.0651 e. The highest BCUT2D eigenvalue weighted by Crippen LogP contribution is 2.20. The Morgan fingerprint density at radius 2 is 2.00 bits per heavy atom. The van der Waals surface area contributed by atoms with E-state index in [-0.39, 0.29) is 0 Å². The van der Waals surface area contributed by atoms with Gasteiger partial charge >= 0.3 is 0 Å². The molecular weight excluding hydrogens is 168 g/mol. The van der Waals surface area contributed by atoms with Crippen LogP contribution < -0.4 is 0 Å². The van der Waals surface area contributed by atoms with Crippen molar-refractivity contribution in [3.05, 3.63) is 54.4 Å². The normalized spacial score (nSPS) is 10.7. The van der Waals surface area contributed by atoms with Gasteiger partial charge in [0.2, 0.25) is 0 Å². The topological polar surface area (TPSA) is 0 Å². The molecule has 0 aliphatic heterocycles. The van der Waals surface area contributed by atoms with Crippen molar-refractivity contribution >= 4 is 10.8 Å². The molecule has 0 spiro atoms. The van der Waals surface area contributed by atoms with Crippen LogP contribution in [-0.4, -0.2) is 0 Å². The van der Waals surface area contributed by atoms with E-state index in [1.165, 1.54) is 22.8 Å². The molecular formula is C14H15.